The number of nitrogens with zero attached hydrogens (tertiary/aromatic N) is 1. The number of carbonyl (C=O) groups excluding carboxylic acids is 1. The van der Waals surface area contributed by atoms with Crippen molar-refractivity contribution < 1.29 is 26.4 Å². The molecule has 0 amide bonds. The Hall–Kier alpha value is -0.670. The molecule has 1 aliphatic heterocycles. The molecule has 0 spiro atoms. The van der Waals surface area contributed by atoms with E-state index in [1.165, 1.54) is 7.11 Å². The van der Waals surface area contributed by atoms with Gasteiger partial charge in [0.1, 0.15) is 16.4 Å². The third-order valence-corrected chi connectivity index (χ3v) is 7.57. The van der Waals surface area contributed by atoms with Crippen LogP contribution in [0.3, 0.4) is 0 Å². The summed E-state index contributed by atoms with van der Waals surface area (Å²) in [5.41, 5.74) is 0. The third-order valence-electron chi connectivity index (χ3n) is 3.34. The zero-order chi connectivity index (χ0) is 15.6. The molecule has 0 radical (unpaired) electrons. The van der Waals surface area contributed by atoms with Crippen LogP contribution in [0.4, 0.5) is 0 Å². The minimum absolute atomic E-state index is 0.0784. The predicted octanol–water partition coefficient (Wildman–Crippen LogP) is -0.223. The van der Waals surface area contributed by atoms with Gasteiger partial charge in [0.15, 0.2) is 0 Å². The number of sulfonamides is 1. The Morgan fingerprint density at radius 2 is 1.80 bits per heavy atom. The van der Waals surface area contributed by atoms with Gasteiger partial charge in [-0.1, -0.05) is 0 Å². The van der Waals surface area contributed by atoms with Crippen LogP contribution < -0.4 is 0 Å². The lowest BCUT2D eigenvalue weighted by Crippen LogP contribution is -2.47. The van der Waals surface area contributed by atoms with Crippen LogP contribution in [0.25, 0.3) is 0 Å². The summed E-state index contributed by atoms with van der Waals surface area (Å²) in [6, 6.07) is -0.391. The maximum atomic E-state index is 12.5. The van der Waals surface area contributed by atoms with Crippen LogP contribution >= 0.6 is 0 Å². The second-order valence-corrected chi connectivity index (χ2v) is 9.58. The maximum absolute atomic E-state index is 12.5. The molecular formula is C11H21NO6S2. The summed E-state index contributed by atoms with van der Waals surface area (Å²) in [6.07, 6.45) is 0.157. The fraction of sp³-hybridized carbons (Fsp3) is 0.909. The van der Waals surface area contributed by atoms with Crippen LogP contribution in [0.15, 0.2) is 0 Å². The van der Waals surface area contributed by atoms with E-state index in [2.05, 4.69) is 4.74 Å². The van der Waals surface area contributed by atoms with Crippen molar-refractivity contribution in [3.8, 4) is 0 Å². The Kier molecular flexibility index (Phi) is 5.56. The summed E-state index contributed by atoms with van der Waals surface area (Å²) >= 11 is 0. The van der Waals surface area contributed by atoms with E-state index in [0.29, 0.717) is 0 Å². The molecule has 1 aliphatic rings. The minimum Gasteiger partial charge on any atom is -0.468 e. The molecule has 7 nitrogen and oxygen atoms in total. The van der Waals surface area contributed by atoms with Crippen molar-refractivity contribution in [2.45, 2.75) is 38.0 Å². The molecule has 1 fully saturated rings. The van der Waals surface area contributed by atoms with Gasteiger partial charge in [0.25, 0.3) is 0 Å². The lowest BCUT2D eigenvalue weighted by molar-refractivity contribution is -0.141. The number of ether oxygens (including phenoxy) is 1. The van der Waals surface area contributed by atoms with Crippen molar-refractivity contribution in [2.75, 3.05) is 25.2 Å². The summed E-state index contributed by atoms with van der Waals surface area (Å²) in [4.78, 5) is 11.3. The molecule has 0 N–H and O–H groups in total. The van der Waals surface area contributed by atoms with Crippen LogP contribution in [0.1, 0.15) is 26.7 Å². The second kappa shape index (κ2) is 6.40. The Labute approximate surface area is 120 Å². The number of rotatable bonds is 5. The zero-order valence-corrected chi connectivity index (χ0v) is 13.5. The van der Waals surface area contributed by atoms with Crippen molar-refractivity contribution in [3.63, 3.8) is 0 Å². The molecule has 1 heterocycles. The zero-order valence-electron chi connectivity index (χ0n) is 11.9. The molecule has 1 saturated heterocycles. The van der Waals surface area contributed by atoms with Gasteiger partial charge in [-0.05, 0) is 26.7 Å². The highest BCUT2D eigenvalue weighted by molar-refractivity contribution is 7.92. The molecule has 0 atom stereocenters. The van der Waals surface area contributed by atoms with E-state index in [-0.39, 0.29) is 30.9 Å². The molecule has 20 heavy (non-hydrogen) atoms. The van der Waals surface area contributed by atoms with Crippen molar-refractivity contribution in [1.29, 1.82) is 0 Å². The van der Waals surface area contributed by atoms with Crippen molar-refractivity contribution in [2.24, 2.45) is 0 Å². The largest absolute Gasteiger partial charge is 0.468 e. The number of methoxy groups -OCH3 is 1. The molecule has 9 heteroatoms. The SMILES string of the molecule is COC(=O)CN(C(C)C)S(=O)(=O)C1CCS(=O)(=O)CC1. The van der Waals surface area contributed by atoms with Gasteiger partial charge in [-0.2, -0.15) is 4.31 Å². The molecular weight excluding hydrogens is 306 g/mol. The standard InChI is InChI=1S/C11H21NO6S2/c1-9(2)12(8-11(13)18-3)20(16,17)10-4-6-19(14,15)7-5-10/h9-10H,4-8H2,1-3H3. The van der Waals surface area contributed by atoms with Gasteiger partial charge in [0.05, 0.1) is 23.9 Å². The molecule has 0 bridgehead atoms. The highest BCUT2D eigenvalue weighted by Crippen LogP contribution is 2.23. The van der Waals surface area contributed by atoms with E-state index in [4.69, 9.17) is 0 Å². The third kappa shape index (κ3) is 4.16. The number of hydrogen-bond acceptors (Lipinski definition) is 6. The van der Waals surface area contributed by atoms with Crippen LogP contribution in [-0.2, 0) is 29.4 Å². The van der Waals surface area contributed by atoms with E-state index in [1.807, 2.05) is 0 Å². The maximum Gasteiger partial charge on any atom is 0.321 e. The van der Waals surface area contributed by atoms with Crippen LogP contribution in [0.2, 0.25) is 0 Å². The van der Waals surface area contributed by atoms with Crippen LogP contribution in [-0.4, -0.2) is 63.6 Å². The number of sulfone groups is 1. The van der Waals surface area contributed by atoms with E-state index < -0.39 is 37.1 Å². The van der Waals surface area contributed by atoms with Crippen LogP contribution in [0.5, 0.6) is 0 Å². The quantitative estimate of drug-likeness (QED) is 0.647. The Morgan fingerprint density at radius 3 is 2.20 bits per heavy atom. The van der Waals surface area contributed by atoms with Crippen molar-refractivity contribution in [3.05, 3.63) is 0 Å². The van der Waals surface area contributed by atoms with Gasteiger partial charge < -0.3 is 4.74 Å². The predicted molar refractivity (Wildman–Crippen MR) is 74.5 cm³/mol. The van der Waals surface area contributed by atoms with E-state index in [9.17, 15) is 21.6 Å². The van der Waals surface area contributed by atoms with Crippen molar-refractivity contribution >= 4 is 25.8 Å². The normalized spacial score (nSPS) is 20.2. The molecule has 0 saturated carbocycles. The van der Waals surface area contributed by atoms with Crippen LogP contribution in [0, 0.1) is 0 Å². The average molecular weight is 327 g/mol. The molecule has 118 valence electrons. The molecule has 0 unspecified atom stereocenters. The number of hydrogen-bond donors (Lipinski definition) is 0. The summed E-state index contributed by atoms with van der Waals surface area (Å²) in [7, 11) is -5.64. The monoisotopic (exact) mass is 327 g/mol. The van der Waals surface area contributed by atoms with Crippen molar-refractivity contribution in [1.82, 2.24) is 4.31 Å². The highest BCUT2D eigenvalue weighted by atomic mass is 32.2. The van der Waals surface area contributed by atoms with E-state index in [1.54, 1.807) is 13.8 Å². The fourth-order valence-corrected chi connectivity index (χ4v) is 5.99. The first-order valence-corrected chi connectivity index (χ1v) is 9.70. The first-order chi connectivity index (χ1) is 9.10. The molecule has 0 aromatic heterocycles. The summed E-state index contributed by atoms with van der Waals surface area (Å²) in [6.45, 7) is 2.99. The Bertz CT molecular complexity index is 537. The summed E-state index contributed by atoms with van der Waals surface area (Å²) in [5.74, 6) is -0.882. The Morgan fingerprint density at radius 1 is 1.30 bits per heavy atom. The van der Waals surface area contributed by atoms with E-state index >= 15 is 0 Å². The van der Waals surface area contributed by atoms with E-state index in [0.717, 1.165) is 4.31 Å². The summed E-state index contributed by atoms with van der Waals surface area (Å²) in [5, 5.41) is -0.752. The smallest absolute Gasteiger partial charge is 0.321 e. The Balaban J connectivity index is 2.91. The topological polar surface area (TPSA) is 97.8 Å². The molecule has 0 aromatic carbocycles. The lowest BCUT2D eigenvalue weighted by atomic mass is 10.2. The van der Waals surface area contributed by atoms with Gasteiger partial charge in [-0.25, -0.2) is 16.8 Å². The molecule has 0 aromatic rings. The average Bonchev–Trinajstić information content (AvgIpc) is 2.34. The van der Waals surface area contributed by atoms with Gasteiger partial charge in [0.2, 0.25) is 10.0 Å². The highest BCUT2D eigenvalue weighted by Gasteiger charge is 2.38. The van der Waals surface area contributed by atoms with Gasteiger partial charge in [-0.3, -0.25) is 4.79 Å². The summed E-state index contributed by atoms with van der Waals surface area (Å²) < 4.78 is 53.4. The minimum atomic E-state index is -3.71. The first kappa shape index (κ1) is 17.4. The second-order valence-electron chi connectivity index (χ2n) is 5.11. The molecule has 1 rings (SSSR count). The van der Waals surface area contributed by atoms with Gasteiger partial charge >= 0.3 is 5.97 Å². The number of carbonyl (C=O) groups is 1. The van der Waals surface area contributed by atoms with Gasteiger partial charge in [0, 0.05) is 6.04 Å². The fourth-order valence-electron chi connectivity index (χ4n) is 2.12. The van der Waals surface area contributed by atoms with Gasteiger partial charge in [-0.15, -0.1) is 0 Å². The number of esters is 1. The lowest BCUT2D eigenvalue weighted by Gasteiger charge is -2.31. The molecule has 0 aliphatic carbocycles. The first-order valence-electron chi connectivity index (χ1n) is 6.38.